The van der Waals surface area contributed by atoms with Gasteiger partial charge in [0.05, 0.1) is 25.9 Å². The molecule has 2 fully saturated rings. The van der Waals surface area contributed by atoms with Crippen molar-refractivity contribution in [3.05, 3.63) is 23.3 Å². The monoisotopic (exact) mass is 502 g/mol. The lowest BCUT2D eigenvalue weighted by Gasteiger charge is -2.44. The van der Waals surface area contributed by atoms with Gasteiger partial charge in [0, 0.05) is 0 Å². The van der Waals surface area contributed by atoms with Crippen LogP contribution in [0.1, 0.15) is 40.5 Å². The molecule has 9 atom stereocenters. The minimum atomic E-state index is -1.87. The molecule has 0 radical (unpaired) electrons. The maximum Gasteiger partial charge on any atom is 0.186 e. The van der Waals surface area contributed by atoms with Crippen LogP contribution < -0.4 is 0 Å². The van der Waals surface area contributed by atoms with Crippen molar-refractivity contribution in [2.75, 3.05) is 19.8 Å². The van der Waals surface area contributed by atoms with E-state index in [9.17, 15) is 35.4 Å². The third-order valence-corrected chi connectivity index (χ3v) is 6.94. The van der Waals surface area contributed by atoms with Gasteiger partial charge in [0.15, 0.2) is 18.4 Å². The second-order valence-corrected chi connectivity index (χ2v) is 10.4. The Hall–Kier alpha value is -1.25. The lowest BCUT2D eigenvalue weighted by atomic mass is 9.71. The predicted molar refractivity (Wildman–Crippen MR) is 121 cm³/mol. The van der Waals surface area contributed by atoms with Crippen molar-refractivity contribution < 1.29 is 54.4 Å². The van der Waals surface area contributed by atoms with E-state index in [0.717, 1.165) is 11.1 Å². The summed E-state index contributed by atoms with van der Waals surface area (Å²) in [6.07, 6.45) is -5.70. The van der Waals surface area contributed by atoms with E-state index in [4.69, 9.17) is 18.9 Å². The highest BCUT2D eigenvalue weighted by molar-refractivity contribution is 5.87. The first-order valence-corrected chi connectivity index (χ1v) is 11.8. The van der Waals surface area contributed by atoms with E-state index in [0.29, 0.717) is 12.8 Å². The number of aliphatic hydroxyl groups excluding tert-OH is 5. The van der Waals surface area contributed by atoms with Gasteiger partial charge in [0.25, 0.3) is 0 Å². The largest absolute Gasteiger partial charge is 0.393 e. The van der Waals surface area contributed by atoms with Gasteiger partial charge in [-0.3, -0.25) is 4.79 Å². The molecule has 0 spiro atoms. The highest BCUT2D eigenvalue weighted by atomic mass is 16.7. The molecule has 0 aromatic rings. The number of carbonyl (C=O) groups is 1. The van der Waals surface area contributed by atoms with Gasteiger partial charge in [-0.1, -0.05) is 25.5 Å². The molecule has 0 amide bonds. The molecule has 11 nitrogen and oxygen atoms in total. The molecular formula is C24H38O11. The lowest BCUT2D eigenvalue weighted by Crippen LogP contribution is -2.60. The number of carbonyl (C=O) groups excluding carboxylic acids is 1. The van der Waals surface area contributed by atoms with E-state index >= 15 is 0 Å². The Kier molecular flexibility index (Phi) is 8.91. The van der Waals surface area contributed by atoms with Gasteiger partial charge in [0.1, 0.15) is 36.1 Å². The second-order valence-electron chi connectivity index (χ2n) is 10.4. The summed E-state index contributed by atoms with van der Waals surface area (Å²) in [6, 6.07) is 0. The summed E-state index contributed by atoms with van der Waals surface area (Å²) in [5, 5.41) is 60.7. The first-order chi connectivity index (χ1) is 16.3. The summed E-state index contributed by atoms with van der Waals surface area (Å²) >= 11 is 0. The maximum atomic E-state index is 11.4. The fourth-order valence-corrected chi connectivity index (χ4v) is 4.93. The Morgan fingerprint density at radius 3 is 2.40 bits per heavy atom. The Balaban J connectivity index is 1.65. The molecule has 3 aliphatic rings. The summed E-state index contributed by atoms with van der Waals surface area (Å²) in [6.45, 7) is 6.08. The second kappa shape index (κ2) is 11.0. The van der Waals surface area contributed by atoms with Gasteiger partial charge >= 0.3 is 0 Å². The minimum Gasteiger partial charge on any atom is -0.393 e. The van der Waals surface area contributed by atoms with Gasteiger partial charge < -0.3 is 49.6 Å². The zero-order valence-corrected chi connectivity index (χ0v) is 20.5. The van der Waals surface area contributed by atoms with E-state index in [-0.39, 0.29) is 30.5 Å². The van der Waals surface area contributed by atoms with Gasteiger partial charge in [0.2, 0.25) is 0 Å². The van der Waals surface area contributed by atoms with Crippen molar-refractivity contribution in [3.63, 3.8) is 0 Å². The minimum absolute atomic E-state index is 0.0458. The zero-order valence-electron chi connectivity index (χ0n) is 20.5. The van der Waals surface area contributed by atoms with Crippen molar-refractivity contribution >= 4 is 5.78 Å². The number of ether oxygens (including phenoxy) is 4. The summed E-state index contributed by atoms with van der Waals surface area (Å²) in [5.74, 6) is -0.0458. The van der Waals surface area contributed by atoms with Gasteiger partial charge in [-0.2, -0.15) is 0 Å². The molecule has 2 heterocycles. The predicted octanol–water partition coefficient (Wildman–Crippen LogP) is -1.08. The fourth-order valence-electron chi connectivity index (χ4n) is 4.93. The SMILES string of the molecule is CC(=O)/C=C/C1=C(C)CC(O[C@@H]2O[C@H](COC3OC[C@@](O)(CO)[C@H]3O)[C@@H](O)[C@H](O)[C@H]2O)CC1(C)C. The average molecular weight is 503 g/mol. The van der Waals surface area contributed by atoms with Crippen LogP contribution in [0.5, 0.6) is 0 Å². The molecule has 0 aromatic carbocycles. The molecular weight excluding hydrogens is 464 g/mol. The molecule has 200 valence electrons. The molecule has 1 aliphatic carbocycles. The van der Waals surface area contributed by atoms with E-state index < -0.39 is 55.3 Å². The van der Waals surface area contributed by atoms with Crippen LogP contribution in [-0.2, 0) is 23.7 Å². The molecule has 6 N–H and O–H groups in total. The van der Waals surface area contributed by atoms with Gasteiger partial charge in [-0.15, -0.1) is 0 Å². The number of aliphatic hydroxyl groups is 6. The lowest BCUT2D eigenvalue weighted by molar-refractivity contribution is -0.320. The Morgan fingerprint density at radius 2 is 1.83 bits per heavy atom. The van der Waals surface area contributed by atoms with Crippen molar-refractivity contribution in [1.29, 1.82) is 0 Å². The van der Waals surface area contributed by atoms with Crippen LogP contribution in [0.4, 0.5) is 0 Å². The summed E-state index contributed by atoms with van der Waals surface area (Å²) in [7, 11) is 0. The quantitative estimate of drug-likeness (QED) is 0.223. The standard InChI is InChI=1S/C24H38O11/c1-12-7-14(8-23(3,4)15(12)6-5-13(2)26)34-21-19(29)18(28)17(27)16(35-21)9-32-22-20(30)24(31,10-25)11-33-22/h5-6,14,16-22,25,27-31H,7-11H2,1-4H3/b6-5+/t14?,16-,17-,18+,19-,20+,21-,22?,24+/m1/s1. The molecule has 0 aromatic heterocycles. The van der Waals surface area contributed by atoms with E-state index in [1.54, 1.807) is 0 Å². The van der Waals surface area contributed by atoms with Crippen molar-refractivity contribution in [3.8, 4) is 0 Å². The highest BCUT2D eigenvalue weighted by Crippen LogP contribution is 2.43. The van der Waals surface area contributed by atoms with Gasteiger partial charge in [-0.05, 0) is 43.8 Å². The molecule has 2 aliphatic heterocycles. The summed E-state index contributed by atoms with van der Waals surface area (Å²) in [4.78, 5) is 11.4. The highest BCUT2D eigenvalue weighted by Gasteiger charge is 2.50. The van der Waals surface area contributed by atoms with Crippen molar-refractivity contribution in [2.24, 2.45) is 5.41 Å². The normalized spacial score (nSPS) is 42.1. The van der Waals surface area contributed by atoms with Crippen LogP contribution >= 0.6 is 0 Å². The van der Waals surface area contributed by atoms with Crippen LogP contribution in [0, 0.1) is 5.41 Å². The van der Waals surface area contributed by atoms with Crippen LogP contribution in [0.25, 0.3) is 0 Å². The van der Waals surface area contributed by atoms with E-state index in [1.807, 2.05) is 26.8 Å². The average Bonchev–Trinajstić information content (AvgIpc) is 3.06. The molecule has 2 unspecified atom stereocenters. The Morgan fingerprint density at radius 1 is 1.14 bits per heavy atom. The van der Waals surface area contributed by atoms with Crippen LogP contribution in [0.3, 0.4) is 0 Å². The summed E-state index contributed by atoms with van der Waals surface area (Å²) in [5.41, 5.74) is -0.121. The van der Waals surface area contributed by atoms with Crippen LogP contribution in [0.2, 0.25) is 0 Å². The molecule has 0 saturated carbocycles. The smallest absolute Gasteiger partial charge is 0.186 e. The summed E-state index contributed by atoms with van der Waals surface area (Å²) < 4.78 is 22.4. The first-order valence-electron chi connectivity index (χ1n) is 11.8. The molecule has 0 bridgehead atoms. The number of allylic oxidation sites excluding steroid dienone is 3. The third kappa shape index (κ3) is 6.19. The fraction of sp³-hybridized carbons (Fsp3) is 0.792. The van der Waals surface area contributed by atoms with Crippen LogP contribution in [-0.4, -0.2) is 111 Å². The molecule has 3 rings (SSSR count). The number of ketones is 1. The first kappa shape index (κ1) is 28.3. The Bertz CT molecular complexity index is 824. The van der Waals surface area contributed by atoms with Crippen molar-refractivity contribution in [2.45, 2.75) is 95.3 Å². The molecule has 11 heteroatoms. The maximum absolute atomic E-state index is 11.4. The van der Waals surface area contributed by atoms with E-state index in [1.165, 1.54) is 13.0 Å². The topological polar surface area (TPSA) is 175 Å². The molecule has 35 heavy (non-hydrogen) atoms. The zero-order chi connectivity index (χ0) is 26.1. The number of hydrogen-bond acceptors (Lipinski definition) is 11. The van der Waals surface area contributed by atoms with Crippen LogP contribution in [0.15, 0.2) is 23.3 Å². The van der Waals surface area contributed by atoms with Gasteiger partial charge in [-0.25, -0.2) is 0 Å². The van der Waals surface area contributed by atoms with E-state index in [2.05, 4.69) is 0 Å². The Labute approximate surface area is 204 Å². The van der Waals surface area contributed by atoms with Crippen molar-refractivity contribution in [1.82, 2.24) is 0 Å². The number of rotatable bonds is 8. The molecule has 2 saturated heterocycles. The third-order valence-electron chi connectivity index (χ3n) is 6.94. The number of hydrogen-bond donors (Lipinski definition) is 6.